The van der Waals surface area contributed by atoms with Crippen LogP contribution in [-0.4, -0.2) is 47.0 Å². The minimum atomic E-state index is 0.0904. The summed E-state index contributed by atoms with van der Waals surface area (Å²) in [6, 6.07) is 0.0904. The Morgan fingerprint density at radius 3 is 2.88 bits per heavy atom. The van der Waals surface area contributed by atoms with E-state index in [9.17, 15) is 4.79 Å². The Labute approximate surface area is 102 Å². The second-order valence-electron chi connectivity index (χ2n) is 5.37. The lowest BCUT2D eigenvalue weighted by Gasteiger charge is -2.39. The number of nitrogens with one attached hydrogen (secondary N) is 1. The summed E-state index contributed by atoms with van der Waals surface area (Å²) in [4.78, 5) is 14.4. The molecule has 3 nitrogen and oxygen atoms in total. The smallest absolute Gasteiger partial charge is 0.239 e. The van der Waals surface area contributed by atoms with Gasteiger partial charge in [0.25, 0.3) is 0 Å². The number of piperidine rings is 1. The molecular formula is C12H22N2OS. The number of rotatable bonds is 1. The first-order valence-electron chi connectivity index (χ1n) is 6.25. The fraction of sp³-hybridized carbons (Fsp3) is 0.917. The van der Waals surface area contributed by atoms with Gasteiger partial charge in [0.15, 0.2) is 0 Å². The van der Waals surface area contributed by atoms with Gasteiger partial charge in [-0.2, -0.15) is 11.8 Å². The summed E-state index contributed by atoms with van der Waals surface area (Å²) in [6.07, 6.45) is 3.42. The van der Waals surface area contributed by atoms with E-state index >= 15 is 0 Å². The molecule has 2 rings (SSSR count). The van der Waals surface area contributed by atoms with Gasteiger partial charge >= 0.3 is 0 Å². The normalized spacial score (nSPS) is 30.1. The summed E-state index contributed by atoms with van der Waals surface area (Å²) in [7, 11) is 0. The van der Waals surface area contributed by atoms with Crippen LogP contribution < -0.4 is 5.32 Å². The second kappa shape index (κ2) is 4.96. The third kappa shape index (κ3) is 2.92. The molecule has 0 spiro atoms. The molecule has 2 aliphatic heterocycles. The third-order valence-corrected chi connectivity index (χ3v) is 4.64. The minimum Gasteiger partial charge on any atom is -0.339 e. The molecule has 1 N–H and O–H groups in total. The largest absolute Gasteiger partial charge is 0.339 e. The zero-order valence-corrected chi connectivity index (χ0v) is 11.1. The molecule has 0 bridgehead atoms. The summed E-state index contributed by atoms with van der Waals surface area (Å²) in [5, 5.41) is 3.35. The average Bonchev–Trinajstić information content (AvgIpc) is 2.28. The van der Waals surface area contributed by atoms with Crippen molar-refractivity contribution >= 4 is 17.7 Å². The molecule has 1 atom stereocenters. The van der Waals surface area contributed by atoms with Crippen LogP contribution in [0.3, 0.4) is 0 Å². The quantitative estimate of drug-likeness (QED) is 0.756. The lowest BCUT2D eigenvalue weighted by molar-refractivity contribution is -0.134. The van der Waals surface area contributed by atoms with E-state index in [-0.39, 0.29) is 10.8 Å². The molecule has 4 heteroatoms. The second-order valence-corrected chi connectivity index (χ2v) is 7.17. The van der Waals surface area contributed by atoms with E-state index in [2.05, 4.69) is 24.1 Å². The maximum Gasteiger partial charge on any atom is 0.239 e. The first-order chi connectivity index (χ1) is 7.58. The minimum absolute atomic E-state index is 0.0904. The molecule has 0 aromatic rings. The van der Waals surface area contributed by atoms with Crippen molar-refractivity contribution in [2.24, 2.45) is 0 Å². The molecule has 2 fully saturated rings. The topological polar surface area (TPSA) is 32.3 Å². The average molecular weight is 242 g/mol. The highest BCUT2D eigenvalue weighted by atomic mass is 32.2. The SMILES string of the molecule is CC1(C)CN(C(=O)C2CCCCN2)CCS1. The van der Waals surface area contributed by atoms with Gasteiger partial charge in [0.05, 0.1) is 6.04 Å². The van der Waals surface area contributed by atoms with Crippen LogP contribution in [0, 0.1) is 0 Å². The molecule has 1 unspecified atom stereocenters. The summed E-state index contributed by atoms with van der Waals surface area (Å²) in [5.41, 5.74) is 0. The van der Waals surface area contributed by atoms with E-state index in [4.69, 9.17) is 0 Å². The Bertz CT molecular complexity index is 262. The monoisotopic (exact) mass is 242 g/mol. The number of hydrogen-bond donors (Lipinski definition) is 1. The van der Waals surface area contributed by atoms with Crippen molar-refractivity contribution < 1.29 is 4.79 Å². The number of carbonyl (C=O) groups is 1. The molecule has 0 aromatic heterocycles. The van der Waals surface area contributed by atoms with Crippen molar-refractivity contribution in [1.82, 2.24) is 10.2 Å². The maximum absolute atomic E-state index is 12.3. The Kier molecular flexibility index (Phi) is 3.80. The van der Waals surface area contributed by atoms with Crippen LogP contribution in [0.15, 0.2) is 0 Å². The van der Waals surface area contributed by atoms with Crippen molar-refractivity contribution in [2.75, 3.05) is 25.4 Å². The Morgan fingerprint density at radius 1 is 1.44 bits per heavy atom. The Balaban J connectivity index is 1.93. The van der Waals surface area contributed by atoms with Crippen molar-refractivity contribution in [3.05, 3.63) is 0 Å². The Hall–Kier alpha value is -0.220. The molecule has 16 heavy (non-hydrogen) atoms. The fourth-order valence-electron chi connectivity index (χ4n) is 2.49. The van der Waals surface area contributed by atoms with E-state index in [0.717, 1.165) is 31.8 Å². The first kappa shape index (κ1) is 12.2. The van der Waals surface area contributed by atoms with Crippen LogP contribution in [0.25, 0.3) is 0 Å². The third-order valence-electron chi connectivity index (χ3n) is 3.35. The van der Waals surface area contributed by atoms with E-state index in [1.807, 2.05) is 11.8 Å². The van der Waals surface area contributed by atoms with E-state index in [1.165, 1.54) is 12.8 Å². The van der Waals surface area contributed by atoms with Crippen LogP contribution >= 0.6 is 11.8 Å². The highest BCUT2D eigenvalue weighted by Crippen LogP contribution is 2.30. The summed E-state index contributed by atoms with van der Waals surface area (Å²) >= 11 is 1.97. The molecule has 92 valence electrons. The van der Waals surface area contributed by atoms with Crippen molar-refractivity contribution in [1.29, 1.82) is 0 Å². The van der Waals surface area contributed by atoms with E-state index in [1.54, 1.807) is 0 Å². The van der Waals surface area contributed by atoms with Crippen LogP contribution in [0.1, 0.15) is 33.1 Å². The number of thioether (sulfide) groups is 1. The molecule has 0 aromatic carbocycles. The molecule has 1 amide bonds. The zero-order valence-electron chi connectivity index (χ0n) is 10.3. The lowest BCUT2D eigenvalue weighted by atomic mass is 10.0. The highest BCUT2D eigenvalue weighted by molar-refractivity contribution is 8.00. The number of nitrogens with zero attached hydrogens (tertiary/aromatic N) is 1. The van der Waals surface area contributed by atoms with Crippen LogP contribution in [0.2, 0.25) is 0 Å². The Morgan fingerprint density at radius 2 is 2.25 bits per heavy atom. The number of amides is 1. The van der Waals surface area contributed by atoms with Crippen LogP contribution in [0.4, 0.5) is 0 Å². The van der Waals surface area contributed by atoms with Crippen molar-refractivity contribution in [3.63, 3.8) is 0 Å². The summed E-state index contributed by atoms with van der Waals surface area (Å²) < 4.78 is 0.225. The standard InChI is InChI=1S/C12H22N2OS/c1-12(2)9-14(7-8-16-12)11(15)10-5-3-4-6-13-10/h10,13H,3-9H2,1-2H3. The summed E-state index contributed by atoms with van der Waals surface area (Å²) in [5.74, 6) is 1.40. The van der Waals surface area contributed by atoms with Crippen LogP contribution in [0.5, 0.6) is 0 Å². The number of hydrogen-bond acceptors (Lipinski definition) is 3. The highest BCUT2D eigenvalue weighted by Gasteiger charge is 2.33. The van der Waals surface area contributed by atoms with Gasteiger partial charge in [0.1, 0.15) is 0 Å². The van der Waals surface area contributed by atoms with Gasteiger partial charge in [-0.25, -0.2) is 0 Å². The molecule has 2 saturated heterocycles. The van der Waals surface area contributed by atoms with Gasteiger partial charge in [0.2, 0.25) is 5.91 Å². The van der Waals surface area contributed by atoms with E-state index in [0.29, 0.717) is 5.91 Å². The van der Waals surface area contributed by atoms with Gasteiger partial charge < -0.3 is 10.2 Å². The van der Waals surface area contributed by atoms with Crippen molar-refractivity contribution in [2.45, 2.75) is 43.9 Å². The van der Waals surface area contributed by atoms with Gasteiger partial charge in [-0.15, -0.1) is 0 Å². The molecule has 2 heterocycles. The molecule has 0 aliphatic carbocycles. The molecule has 0 saturated carbocycles. The van der Waals surface area contributed by atoms with Gasteiger partial charge in [-0.3, -0.25) is 4.79 Å². The zero-order chi connectivity index (χ0) is 11.6. The molecular weight excluding hydrogens is 220 g/mol. The first-order valence-corrected chi connectivity index (χ1v) is 7.23. The summed E-state index contributed by atoms with van der Waals surface area (Å²) in [6.45, 7) is 7.28. The number of carbonyl (C=O) groups excluding carboxylic acids is 1. The maximum atomic E-state index is 12.3. The molecule has 0 radical (unpaired) electrons. The molecule has 2 aliphatic rings. The van der Waals surface area contributed by atoms with Crippen molar-refractivity contribution in [3.8, 4) is 0 Å². The predicted molar refractivity (Wildman–Crippen MR) is 68.8 cm³/mol. The predicted octanol–water partition coefficient (Wildman–Crippen LogP) is 1.48. The lowest BCUT2D eigenvalue weighted by Crippen LogP contribution is -2.54. The van der Waals surface area contributed by atoms with Gasteiger partial charge in [-0.1, -0.05) is 6.42 Å². The van der Waals surface area contributed by atoms with Gasteiger partial charge in [0, 0.05) is 23.6 Å². The van der Waals surface area contributed by atoms with Gasteiger partial charge in [-0.05, 0) is 33.2 Å². The van der Waals surface area contributed by atoms with E-state index < -0.39 is 0 Å². The fourth-order valence-corrected chi connectivity index (χ4v) is 3.60. The van der Waals surface area contributed by atoms with Crippen LogP contribution in [-0.2, 0) is 4.79 Å².